The van der Waals surface area contributed by atoms with Crippen molar-refractivity contribution < 1.29 is 8.42 Å². The molecule has 1 aliphatic heterocycles. The quantitative estimate of drug-likeness (QED) is 0.840. The van der Waals surface area contributed by atoms with Crippen LogP contribution in [0, 0.1) is 0 Å². The van der Waals surface area contributed by atoms with Crippen molar-refractivity contribution in [1.82, 2.24) is 5.32 Å². The molecule has 16 heavy (non-hydrogen) atoms. The van der Waals surface area contributed by atoms with Crippen LogP contribution in [0.15, 0.2) is 0 Å². The van der Waals surface area contributed by atoms with Gasteiger partial charge in [0.2, 0.25) is 0 Å². The number of nitrogens with one attached hydrogen (secondary N) is 1. The Morgan fingerprint density at radius 3 is 2.50 bits per heavy atom. The molecule has 1 aliphatic rings. The predicted octanol–water partition coefficient (Wildman–Crippen LogP) is 1.68. The van der Waals surface area contributed by atoms with Gasteiger partial charge >= 0.3 is 0 Å². The van der Waals surface area contributed by atoms with Crippen molar-refractivity contribution in [2.45, 2.75) is 50.9 Å². The van der Waals surface area contributed by atoms with E-state index >= 15 is 0 Å². The molecule has 0 spiro atoms. The first kappa shape index (κ1) is 14.3. The smallest absolute Gasteiger partial charge is 0.151 e. The maximum absolute atomic E-state index is 11.3. The molecule has 96 valence electrons. The maximum Gasteiger partial charge on any atom is 0.151 e. The third kappa shape index (κ3) is 5.55. The highest BCUT2D eigenvalue weighted by Crippen LogP contribution is 2.24. The lowest BCUT2D eigenvalue weighted by molar-refractivity contribution is 0.499. The average Bonchev–Trinajstić information content (AvgIpc) is 2.41. The number of hydrogen-bond acceptors (Lipinski definition) is 4. The van der Waals surface area contributed by atoms with Crippen molar-refractivity contribution in [2.24, 2.45) is 0 Å². The summed E-state index contributed by atoms with van der Waals surface area (Å²) in [6.45, 7) is 8.73. The molecule has 2 atom stereocenters. The summed E-state index contributed by atoms with van der Waals surface area (Å²) in [4.78, 5) is 0. The van der Waals surface area contributed by atoms with Gasteiger partial charge in [0.1, 0.15) is 0 Å². The van der Waals surface area contributed by atoms with Crippen LogP contribution in [0.5, 0.6) is 0 Å². The van der Waals surface area contributed by atoms with Crippen molar-refractivity contribution in [2.75, 3.05) is 17.3 Å². The monoisotopic (exact) mass is 265 g/mol. The van der Waals surface area contributed by atoms with Crippen LogP contribution in [0.1, 0.15) is 34.1 Å². The highest BCUT2D eigenvalue weighted by molar-refractivity contribution is 8.00. The van der Waals surface area contributed by atoms with Crippen LogP contribution in [0.4, 0.5) is 0 Å². The van der Waals surface area contributed by atoms with Crippen LogP contribution < -0.4 is 5.32 Å². The van der Waals surface area contributed by atoms with Gasteiger partial charge in [-0.3, -0.25) is 0 Å². The van der Waals surface area contributed by atoms with Gasteiger partial charge in [0.15, 0.2) is 9.84 Å². The Morgan fingerprint density at radius 2 is 2.06 bits per heavy atom. The zero-order valence-corrected chi connectivity index (χ0v) is 12.2. The summed E-state index contributed by atoms with van der Waals surface area (Å²) < 4.78 is 22.9. The highest BCUT2D eigenvalue weighted by Gasteiger charge is 2.28. The van der Waals surface area contributed by atoms with Crippen LogP contribution in [0.25, 0.3) is 0 Å². The summed E-state index contributed by atoms with van der Waals surface area (Å²) in [7, 11) is -2.75. The van der Waals surface area contributed by atoms with Gasteiger partial charge in [-0.25, -0.2) is 8.42 Å². The van der Waals surface area contributed by atoms with Crippen molar-refractivity contribution >= 4 is 21.6 Å². The Morgan fingerprint density at radius 1 is 1.44 bits per heavy atom. The molecule has 0 aliphatic carbocycles. The number of thioether (sulfide) groups is 1. The van der Waals surface area contributed by atoms with E-state index in [1.807, 2.05) is 11.8 Å². The van der Waals surface area contributed by atoms with E-state index in [0.717, 1.165) is 12.2 Å². The summed E-state index contributed by atoms with van der Waals surface area (Å²) in [6, 6.07) is 0.545. The fourth-order valence-corrected chi connectivity index (χ4v) is 4.28. The second-order valence-corrected chi connectivity index (χ2v) is 9.67. The van der Waals surface area contributed by atoms with Crippen molar-refractivity contribution in [3.8, 4) is 0 Å². The molecule has 0 bridgehead atoms. The van der Waals surface area contributed by atoms with E-state index < -0.39 is 9.84 Å². The molecule has 3 nitrogen and oxygen atoms in total. The second kappa shape index (κ2) is 5.27. The van der Waals surface area contributed by atoms with Gasteiger partial charge in [0, 0.05) is 22.6 Å². The molecular formula is C11H23NO2S2. The standard InChI is InChI=1S/C11H23NO2S2/c1-9(7-15-11(2,3)4)12-10-5-6-16(13,14)8-10/h9-10,12H,5-8H2,1-4H3. The summed E-state index contributed by atoms with van der Waals surface area (Å²) >= 11 is 1.91. The molecule has 0 amide bonds. The zero-order chi connectivity index (χ0) is 12.4. The van der Waals surface area contributed by atoms with E-state index in [9.17, 15) is 8.42 Å². The fourth-order valence-electron chi connectivity index (χ4n) is 1.75. The highest BCUT2D eigenvalue weighted by atomic mass is 32.2. The van der Waals surface area contributed by atoms with Gasteiger partial charge < -0.3 is 5.32 Å². The van der Waals surface area contributed by atoms with Gasteiger partial charge in [-0.15, -0.1) is 0 Å². The molecule has 2 unspecified atom stereocenters. The lowest BCUT2D eigenvalue weighted by Crippen LogP contribution is -2.39. The largest absolute Gasteiger partial charge is 0.310 e. The second-order valence-electron chi connectivity index (χ2n) is 5.59. The number of sulfone groups is 1. The molecule has 0 aromatic carbocycles. The van der Waals surface area contributed by atoms with E-state index in [4.69, 9.17) is 0 Å². The fraction of sp³-hybridized carbons (Fsp3) is 1.00. The van der Waals surface area contributed by atoms with Crippen molar-refractivity contribution in [3.05, 3.63) is 0 Å². The van der Waals surface area contributed by atoms with E-state index in [-0.39, 0.29) is 10.8 Å². The molecule has 1 rings (SSSR count). The minimum Gasteiger partial charge on any atom is -0.310 e. The zero-order valence-electron chi connectivity index (χ0n) is 10.6. The van der Waals surface area contributed by atoms with E-state index in [1.54, 1.807) is 0 Å². The molecule has 0 radical (unpaired) electrons. The number of rotatable bonds is 4. The predicted molar refractivity (Wildman–Crippen MR) is 71.9 cm³/mol. The SMILES string of the molecule is CC(CSC(C)(C)C)NC1CCS(=O)(=O)C1. The molecule has 1 saturated heterocycles. The minimum atomic E-state index is -2.75. The molecule has 1 N–H and O–H groups in total. The van der Waals surface area contributed by atoms with Crippen molar-refractivity contribution in [1.29, 1.82) is 0 Å². The van der Waals surface area contributed by atoms with Crippen LogP contribution in [0.2, 0.25) is 0 Å². The average molecular weight is 265 g/mol. The summed E-state index contributed by atoms with van der Waals surface area (Å²) in [5.74, 6) is 1.70. The topological polar surface area (TPSA) is 46.2 Å². The van der Waals surface area contributed by atoms with Crippen LogP contribution in [-0.2, 0) is 9.84 Å². The Labute approximate surface area is 104 Å². The summed E-state index contributed by atoms with van der Waals surface area (Å²) in [6.07, 6.45) is 0.771. The molecule has 1 heterocycles. The summed E-state index contributed by atoms with van der Waals surface area (Å²) in [5.41, 5.74) is 0. The van der Waals surface area contributed by atoms with Crippen LogP contribution >= 0.6 is 11.8 Å². The Balaban J connectivity index is 2.28. The van der Waals surface area contributed by atoms with Crippen molar-refractivity contribution in [3.63, 3.8) is 0 Å². The molecule has 1 fully saturated rings. The van der Waals surface area contributed by atoms with Gasteiger partial charge in [-0.1, -0.05) is 20.8 Å². The maximum atomic E-state index is 11.3. The molecular weight excluding hydrogens is 242 g/mol. The van der Waals surface area contributed by atoms with Gasteiger partial charge in [0.25, 0.3) is 0 Å². The third-order valence-corrected chi connectivity index (χ3v) is 5.82. The molecule has 0 aromatic rings. The minimum absolute atomic E-state index is 0.167. The first-order chi connectivity index (χ1) is 7.18. The first-order valence-corrected chi connectivity index (χ1v) is 8.59. The Kier molecular flexibility index (Phi) is 4.72. The van der Waals surface area contributed by atoms with E-state index in [0.29, 0.717) is 17.5 Å². The van der Waals surface area contributed by atoms with Crippen LogP contribution in [-0.4, -0.2) is 42.5 Å². The molecule has 0 saturated carbocycles. The lowest BCUT2D eigenvalue weighted by Gasteiger charge is -2.23. The third-order valence-electron chi connectivity index (χ3n) is 2.52. The van der Waals surface area contributed by atoms with Crippen LogP contribution in [0.3, 0.4) is 0 Å². The lowest BCUT2D eigenvalue weighted by atomic mass is 10.2. The Bertz CT molecular complexity index is 319. The number of hydrogen-bond donors (Lipinski definition) is 1. The normalized spacial score (nSPS) is 26.9. The molecule has 5 heteroatoms. The van der Waals surface area contributed by atoms with E-state index in [1.165, 1.54) is 0 Å². The van der Waals surface area contributed by atoms with E-state index in [2.05, 4.69) is 33.0 Å². The summed E-state index contributed by atoms with van der Waals surface area (Å²) in [5, 5.41) is 3.41. The molecule has 0 aromatic heterocycles. The first-order valence-electron chi connectivity index (χ1n) is 5.78. The Hall–Kier alpha value is 0.260. The van der Waals surface area contributed by atoms with Gasteiger partial charge in [-0.2, -0.15) is 11.8 Å². The van der Waals surface area contributed by atoms with Gasteiger partial charge in [0.05, 0.1) is 11.5 Å². The van der Waals surface area contributed by atoms with Gasteiger partial charge in [-0.05, 0) is 13.3 Å².